The number of nitrogen functional groups attached to an aromatic ring is 1. The molecule has 0 radical (unpaired) electrons. The zero-order chi connectivity index (χ0) is 9.97. The van der Waals surface area contributed by atoms with Crippen molar-refractivity contribution < 1.29 is 0 Å². The van der Waals surface area contributed by atoms with E-state index in [1.807, 2.05) is 18.2 Å². The summed E-state index contributed by atoms with van der Waals surface area (Å²) in [5.74, 6) is 0. The van der Waals surface area contributed by atoms with Crippen LogP contribution in [0.15, 0.2) is 18.2 Å². The maximum absolute atomic E-state index is 5.77. The van der Waals surface area contributed by atoms with E-state index in [1.165, 1.54) is 19.3 Å². The summed E-state index contributed by atoms with van der Waals surface area (Å²) in [6, 6.07) is 6.65. The van der Waals surface area contributed by atoms with Crippen molar-refractivity contribution in [3.05, 3.63) is 23.8 Å². The van der Waals surface area contributed by atoms with Crippen molar-refractivity contribution >= 4 is 11.4 Å². The fourth-order valence-corrected chi connectivity index (χ4v) is 1.66. The van der Waals surface area contributed by atoms with E-state index in [-0.39, 0.29) is 0 Å². The number of rotatable bonds is 3. The molecule has 0 heterocycles. The zero-order valence-corrected chi connectivity index (χ0v) is 8.29. The monoisotopic (exact) mass is 191 g/mol. The van der Waals surface area contributed by atoms with Crippen LogP contribution in [0.1, 0.15) is 24.8 Å². The molecule has 3 nitrogen and oxygen atoms in total. The average Bonchev–Trinajstić information content (AvgIpc) is 2.14. The molecule has 1 saturated carbocycles. The molecule has 3 heteroatoms. The molecule has 0 spiro atoms. The van der Waals surface area contributed by atoms with Gasteiger partial charge in [-0.3, -0.25) is 0 Å². The number of nitrogens with one attached hydrogen (secondary N) is 1. The molecule has 1 aromatic rings. The van der Waals surface area contributed by atoms with Gasteiger partial charge in [-0.1, -0.05) is 0 Å². The number of benzene rings is 1. The summed E-state index contributed by atoms with van der Waals surface area (Å²) in [7, 11) is 0. The van der Waals surface area contributed by atoms with Gasteiger partial charge < -0.3 is 16.8 Å². The molecule has 1 aliphatic rings. The summed E-state index contributed by atoms with van der Waals surface area (Å²) >= 11 is 0. The molecule has 0 aromatic heterocycles. The first kappa shape index (κ1) is 9.34. The predicted molar refractivity (Wildman–Crippen MR) is 60.0 cm³/mol. The topological polar surface area (TPSA) is 64.1 Å². The fourth-order valence-electron chi connectivity index (χ4n) is 1.66. The van der Waals surface area contributed by atoms with Crippen LogP contribution < -0.4 is 16.8 Å². The molecule has 0 amide bonds. The summed E-state index contributed by atoms with van der Waals surface area (Å²) in [5, 5.41) is 3.47. The lowest BCUT2D eigenvalue weighted by Crippen LogP contribution is -2.27. The van der Waals surface area contributed by atoms with E-state index < -0.39 is 0 Å². The van der Waals surface area contributed by atoms with Crippen LogP contribution in [0.2, 0.25) is 0 Å². The number of hydrogen-bond acceptors (Lipinski definition) is 3. The molecule has 1 aliphatic carbocycles. The molecular weight excluding hydrogens is 174 g/mol. The van der Waals surface area contributed by atoms with Crippen LogP contribution >= 0.6 is 0 Å². The fraction of sp³-hybridized carbons (Fsp3) is 0.455. The first-order valence-electron chi connectivity index (χ1n) is 5.14. The second-order valence-corrected chi connectivity index (χ2v) is 3.89. The molecular formula is C11H17N3. The second-order valence-electron chi connectivity index (χ2n) is 3.89. The molecule has 1 fully saturated rings. The number of anilines is 2. The van der Waals surface area contributed by atoms with E-state index in [4.69, 9.17) is 11.5 Å². The Morgan fingerprint density at radius 2 is 2.14 bits per heavy atom. The minimum atomic E-state index is 0.506. The molecule has 0 atom stereocenters. The highest BCUT2D eigenvalue weighted by atomic mass is 14.9. The van der Waals surface area contributed by atoms with E-state index in [9.17, 15) is 0 Å². The van der Waals surface area contributed by atoms with E-state index in [2.05, 4.69) is 5.32 Å². The van der Waals surface area contributed by atoms with Crippen LogP contribution in [0.4, 0.5) is 11.4 Å². The lowest BCUT2D eigenvalue weighted by molar-refractivity contribution is 0.445. The van der Waals surface area contributed by atoms with E-state index in [1.54, 1.807) is 0 Å². The SMILES string of the molecule is NCc1cc(NC2CCC2)ccc1N. The van der Waals surface area contributed by atoms with Crippen molar-refractivity contribution in [3.8, 4) is 0 Å². The van der Waals surface area contributed by atoms with Gasteiger partial charge in [-0.2, -0.15) is 0 Å². The van der Waals surface area contributed by atoms with Gasteiger partial charge in [-0.15, -0.1) is 0 Å². The summed E-state index contributed by atoms with van der Waals surface area (Å²) in [6.07, 6.45) is 3.90. The van der Waals surface area contributed by atoms with Crippen LogP contribution in [0, 0.1) is 0 Å². The highest BCUT2D eigenvalue weighted by Crippen LogP contribution is 2.25. The van der Waals surface area contributed by atoms with Crippen molar-refractivity contribution in [1.82, 2.24) is 0 Å². The van der Waals surface area contributed by atoms with Gasteiger partial charge >= 0.3 is 0 Å². The zero-order valence-electron chi connectivity index (χ0n) is 8.29. The summed E-state index contributed by atoms with van der Waals surface area (Å²) in [5.41, 5.74) is 14.3. The summed E-state index contributed by atoms with van der Waals surface area (Å²) in [6.45, 7) is 0.506. The summed E-state index contributed by atoms with van der Waals surface area (Å²) < 4.78 is 0. The smallest absolute Gasteiger partial charge is 0.0361 e. The molecule has 14 heavy (non-hydrogen) atoms. The van der Waals surface area contributed by atoms with Gasteiger partial charge in [0.05, 0.1) is 0 Å². The van der Waals surface area contributed by atoms with Gasteiger partial charge in [0.1, 0.15) is 0 Å². The van der Waals surface area contributed by atoms with Crippen molar-refractivity contribution in [2.75, 3.05) is 11.1 Å². The Balaban J connectivity index is 2.09. The van der Waals surface area contributed by atoms with Gasteiger partial charge in [0.15, 0.2) is 0 Å². The molecule has 1 aromatic carbocycles. The first-order valence-corrected chi connectivity index (χ1v) is 5.14. The first-order chi connectivity index (χ1) is 6.79. The Bertz CT molecular complexity index is 318. The van der Waals surface area contributed by atoms with Crippen molar-refractivity contribution in [2.24, 2.45) is 5.73 Å². The average molecular weight is 191 g/mol. The van der Waals surface area contributed by atoms with Crippen molar-refractivity contribution in [3.63, 3.8) is 0 Å². The Morgan fingerprint density at radius 1 is 1.36 bits per heavy atom. The molecule has 76 valence electrons. The number of hydrogen-bond donors (Lipinski definition) is 3. The van der Waals surface area contributed by atoms with Crippen LogP contribution in [-0.2, 0) is 6.54 Å². The van der Waals surface area contributed by atoms with E-state index >= 15 is 0 Å². The number of nitrogens with two attached hydrogens (primary N) is 2. The molecule has 0 saturated heterocycles. The van der Waals surface area contributed by atoms with E-state index in [0.29, 0.717) is 12.6 Å². The third kappa shape index (κ3) is 1.82. The molecule has 0 aliphatic heterocycles. The minimum absolute atomic E-state index is 0.506. The molecule has 0 bridgehead atoms. The Labute approximate surface area is 84.5 Å². The van der Waals surface area contributed by atoms with Gasteiger partial charge in [0.2, 0.25) is 0 Å². The normalized spacial score (nSPS) is 16.4. The van der Waals surface area contributed by atoms with Crippen LogP contribution in [0.5, 0.6) is 0 Å². The Kier molecular flexibility index (Phi) is 2.59. The lowest BCUT2D eigenvalue weighted by Gasteiger charge is -2.27. The third-order valence-electron chi connectivity index (χ3n) is 2.84. The van der Waals surface area contributed by atoms with Crippen LogP contribution in [-0.4, -0.2) is 6.04 Å². The highest BCUT2D eigenvalue weighted by molar-refractivity contribution is 5.57. The van der Waals surface area contributed by atoms with Gasteiger partial charge in [0, 0.05) is 24.0 Å². The standard InChI is InChI=1S/C11H17N3/c12-7-8-6-10(4-5-11(8)13)14-9-2-1-3-9/h4-6,9,14H,1-3,7,12-13H2. The van der Waals surface area contributed by atoms with Gasteiger partial charge in [-0.25, -0.2) is 0 Å². The molecule has 0 unspecified atom stereocenters. The largest absolute Gasteiger partial charge is 0.398 e. The van der Waals surface area contributed by atoms with Crippen LogP contribution in [0.25, 0.3) is 0 Å². The van der Waals surface area contributed by atoms with Gasteiger partial charge in [-0.05, 0) is 43.0 Å². The second kappa shape index (κ2) is 3.88. The predicted octanol–water partition coefficient (Wildman–Crippen LogP) is 1.69. The summed E-state index contributed by atoms with van der Waals surface area (Å²) in [4.78, 5) is 0. The Morgan fingerprint density at radius 3 is 2.71 bits per heavy atom. The molecule has 5 N–H and O–H groups in total. The van der Waals surface area contributed by atoms with Crippen LogP contribution in [0.3, 0.4) is 0 Å². The maximum Gasteiger partial charge on any atom is 0.0361 e. The lowest BCUT2D eigenvalue weighted by atomic mass is 9.93. The minimum Gasteiger partial charge on any atom is -0.398 e. The van der Waals surface area contributed by atoms with E-state index in [0.717, 1.165) is 16.9 Å². The molecule has 2 rings (SSSR count). The third-order valence-corrected chi connectivity index (χ3v) is 2.84. The van der Waals surface area contributed by atoms with Crippen molar-refractivity contribution in [2.45, 2.75) is 31.8 Å². The quantitative estimate of drug-likeness (QED) is 0.637. The maximum atomic E-state index is 5.77. The van der Waals surface area contributed by atoms with Crippen molar-refractivity contribution in [1.29, 1.82) is 0 Å². The van der Waals surface area contributed by atoms with Gasteiger partial charge in [0.25, 0.3) is 0 Å². The Hall–Kier alpha value is -1.22. The highest BCUT2D eigenvalue weighted by Gasteiger charge is 2.16.